The number of alkyl halides is 3. The van der Waals surface area contributed by atoms with Crippen LogP contribution >= 0.6 is 0 Å². The average molecular weight is 514 g/mol. The summed E-state index contributed by atoms with van der Waals surface area (Å²) in [5.74, 6) is -0.590. The number of carbonyl (C=O) groups is 1. The van der Waals surface area contributed by atoms with E-state index in [-0.39, 0.29) is 41.6 Å². The molecule has 35 heavy (non-hydrogen) atoms. The van der Waals surface area contributed by atoms with Crippen molar-refractivity contribution in [1.29, 1.82) is 0 Å². The Morgan fingerprint density at radius 2 is 1.49 bits per heavy atom. The Bertz CT molecular complexity index is 1140. The zero-order valence-electron chi connectivity index (χ0n) is 19.1. The average Bonchev–Trinajstić information content (AvgIpc) is 3.65. The van der Waals surface area contributed by atoms with E-state index in [0.29, 0.717) is 19.1 Å². The number of halogens is 3. The molecular weight excluding hydrogens is 487 g/mol. The molecule has 0 aromatic heterocycles. The number of nitrogens with zero attached hydrogens (tertiary/aromatic N) is 1. The Morgan fingerprint density at radius 3 is 1.97 bits per heavy atom. The van der Waals surface area contributed by atoms with Crippen LogP contribution in [0.3, 0.4) is 0 Å². The van der Waals surface area contributed by atoms with Crippen LogP contribution in [0.15, 0.2) is 53.4 Å². The van der Waals surface area contributed by atoms with Crippen molar-refractivity contribution in [2.24, 2.45) is 0 Å². The molecule has 0 amide bonds. The molecule has 1 heterocycles. The third-order valence-electron chi connectivity index (χ3n) is 6.26. The third kappa shape index (κ3) is 5.56. The minimum absolute atomic E-state index is 0.0216. The summed E-state index contributed by atoms with van der Waals surface area (Å²) >= 11 is 0. The SMILES string of the molecule is CCOC(=O)C1(S(=O)(=O)c2ccc(Oc3ccc(OC(F)(F)F)cc3)cc2)CCN(C2CC2)CC1. The largest absolute Gasteiger partial charge is 0.573 e. The van der Waals surface area contributed by atoms with Crippen molar-refractivity contribution >= 4 is 15.8 Å². The first-order chi connectivity index (χ1) is 16.5. The van der Waals surface area contributed by atoms with Crippen LogP contribution in [0.5, 0.6) is 17.2 Å². The molecule has 2 aliphatic rings. The summed E-state index contributed by atoms with van der Waals surface area (Å²) < 4.78 is 77.2. The van der Waals surface area contributed by atoms with Crippen LogP contribution in [0.25, 0.3) is 0 Å². The maximum atomic E-state index is 13.7. The predicted molar refractivity (Wildman–Crippen MR) is 120 cm³/mol. The molecular formula is C24H26F3NO6S. The second-order valence-electron chi connectivity index (χ2n) is 8.58. The topological polar surface area (TPSA) is 82.1 Å². The van der Waals surface area contributed by atoms with Gasteiger partial charge in [-0.15, -0.1) is 13.2 Å². The smallest absolute Gasteiger partial charge is 0.465 e. The van der Waals surface area contributed by atoms with Crippen molar-refractivity contribution in [1.82, 2.24) is 4.90 Å². The molecule has 1 saturated heterocycles. The molecule has 7 nitrogen and oxygen atoms in total. The van der Waals surface area contributed by atoms with Crippen molar-refractivity contribution < 1.29 is 40.6 Å². The summed E-state index contributed by atoms with van der Waals surface area (Å²) in [5.41, 5.74) is 0. The van der Waals surface area contributed by atoms with Gasteiger partial charge in [0.2, 0.25) is 0 Å². The van der Waals surface area contributed by atoms with E-state index in [9.17, 15) is 26.4 Å². The molecule has 11 heteroatoms. The van der Waals surface area contributed by atoms with E-state index in [1.807, 2.05) is 0 Å². The lowest BCUT2D eigenvalue weighted by Gasteiger charge is -2.39. The van der Waals surface area contributed by atoms with E-state index in [4.69, 9.17) is 9.47 Å². The molecule has 0 atom stereocenters. The Labute approximate surface area is 201 Å². The third-order valence-corrected chi connectivity index (χ3v) is 8.75. The minimum atomic E-state index is -4.79. The van der Waals surface area contributed by atoms with Crippen LogP contribution in [0, 0.1) is 0 Å². The lowest BCUT2D eigenvalue weighted by Crippen LogP contribution is -2.55. The monoisotopic (exact) mass is 513 g/mol. The van der Waals surface area contributed by atoms with Crippen LogP contribution in [0.2, 0.25) is 0 Å². The zero-order valence-corrected chi connectivity index (χ0v) is 19.9. The molecule has 1 saturated carbocycles. The number of rotatable bonds is 8. The first-order valence-corrected chi connectivity index (χ1v) is 12.8. The number of esters is 1. The molecule has 2 aromatic rings. The summed E-state index contributed by atoms with van der Waals surface area (Å²) in [7, 11) is -4.07. The molecule has 4 rings (SSSR count). The summed E-state index contributed by atoms with van der Waals surface area (Å²) in [6.45, 7) is 2.75. The highest BCUT2D eigenvalue weighted by Crippen LogP contribution is 2.40. The highest BCUT2D eigenvalue weighted by Gasteiger charge is 2.55. The highest BCUT2D eigenvalue weighted by molar-refractivity contribution is 7.93. The normalized spacial score (nSPS) is 18.6. The van der Waals surface area contributed by atoms with Gasteiger partial charge in [-0.05, 0) is 81.1 Å². The first kappa shape index (κ1) is 25.3. The Morgan fingerprint density at radius 1 is 0.971 bits per heavy atom. The number of ether oxygens (including phenoxy) is 3. The van der Waals surface area contributed by atoms with Crippen LogP contribution in [0.1, 0.15) is 32.6 Å². The van der Waals surface area contributed by atoms with Crippen molar-refractivity contribution in [2.45, 2.75) is 54.7 Å². The van der Waals surface area contributed by atoms with Crippen molar-refractivity contribution in [3.8, 4) is 17.2 Å². The van der Waals surface area contributed by atoms with E-state index in [2.05, 4.69) is 9.64 Å². The number of likely N-dealkylation sites (tertiary alicyclic amines) is 1. The van der Waals surface area contributed by atoms with Gasteiger partial charge in [0, 0.05) is 19.1 Å². The van der Waals surface area contributed by atoms with Crippen LogP contribution in [-0.4, -0.2) is 56.1 Å². The summed E-state index contributed by atoms with van der Waals surface area (Å²) in [6, 6.07) is 10.9. The van der Waals surface area contributed by atoms with Gasteiger partial charge < -0.3 is 19.1 Å². The van der Waals surface area contributed by atoms with Gasteiger partial charge in [-0.1, -0.05) is 0 Å². The van der Waals surface area contributed by atoms with Gasteiger partial charge in [0.05, 0.1) is 11.5 Å². The van der Waals surface area contributed by atoms with E-state index in [1.165, 1.54) is 36.4 Å². The molecule has 2 aromatic carbocycles. The van der Waals surface area contributed by atoms with Gasteiger partial charge in [0.25, 0.3) is 0 Å². The van der Waals surface area contributed by atoms with Gasteiger partial charge in [-0.25, -0.2) is 8.42 Å². The molecule has 1 aliphatic heterocycles. The van der Waals surface area contributed by atoms with Gasteiger partial charge in [0.1, 0.15) is 17.2 Å². The van der Waals surface area contributed by atoms with Crippen LogP contribution in [-0.2, 0) is 19.4 Å². The Hall–Kier alpha value is -2.79. The lowest BCUT2D eigenvalue weighted by atomic mass is 9.95. The van der Waals surface area contributed by atoms with E-state index < -0.39 is 26.9 Å². The maximum absolute atomic E-state index is 13.7. The van der Waals surface area contributed by atoms with Crippen LogP contribution in [0.4, 0.5) is 13.2 Å². The van der Waals surface area contributed by atoms with Gasteiger partial charge in [0.15, 0.2) is 14.6 Å². The van der Waals surface area contributed by atoms with Gasteiger partial charge in [-0.3, -0.25) is 4.79 Å². The molecule has 1 aliphatic carbocycles. The molecule has 0 bridgehead atoms. The number of hydrogen-bond donors (Lipinski definition) is 0. The van der Waals surface area contributed by atoms with Crippen molar-refractivity contribution in [2.75, 3.05) is 19.7 Å². The fraction of sp³-hybridized carbons (Fsp3) is 0.458. The second-order valence-corrected chi connectivity index (χ2v) is 10.8. The summed E-state index contributed by atoms with van der Waals surface area (Å²) in [4.78, 5) is 15.1. The lowest BCUT2D eigenvalue weighted by molar-refractivity contribution is -0.274. The van der Waals surface area contributed by atoms with Gasteiger partial charge in [-0.2, -0.15) is 0 Å². The standard InChI is InChI=1S/C24H26F3NO6S/c1-2-32-22(29)23(13-15-28(16-14-23)17-3-4-17)35(30,31)21-11-9-19(10-12-21)33-18-5-7-20(8-6-18)34-24(25,26)27/h5-12,17H,2-4,13-16H2,1H3. The summed E-state index contributed by atoms with van der Waals surface area (Å²) in [5, 5.41) is 0. The minimum Gasteiger partial charge on any atom is -0.465 e. The summed E-state index contributed by atoms with van der Waals surface area (Å²) in [6.07, 6.45) is -2.28. The Kier molecular flexibility index (Phi) is 7.01. The molecule has 2 fully saturated rings. The maximum Gasteiger partial charge on any atom is 0.573 e. The molecule has 0 radical (unpaired) electrons. The molecule has 0 unspecified atom stereocenters. The number of carbonyl (C=O) groups excluding carboxylic acids is 1. The fourth-order valence-electron chi connectivity index (χ4n) is 4.29. The predicted octanol–water partition coefficient (Wildman–Crippen LogP) is 4.71. The zero-order chi connectivity index (χ0) is 25.3. The van der Waals surface area contributed by atoms with E-state index in [0.717, 1.165) is 25.0 Å². The molecule has 0 N–H and O–H groups in total. The molecule has 190 valence electrons. The van der Waals surface area contributed by atoms with E-state index in [1.54, 1.807) is 6.92 Å². The Balaban J connectivity index is 1.50. The van der Waals surface area contributed by atoms with Crippen molar-refractivity contribution in [3.63, 3.8) is 0 Å². The quantitative estimate of drug-likeness (QED) is 0.473. The van der Waals surface area contributed by atoms with E-state index >= 15 is 0 Å². The number of piperidine rings is 1. The molecule has 0 spiro atoms. The number of sulfone groups is 1. The highest BCUT2D eigenvalue weighted by atomic mass is 32.2. The van der Waals surface area contributed by atoms with Crippen molar-refractivity contribution in [3.05, 3.63) is 48.5 Å². The number of hydrogen-bond acceptors (Lipinski definition) is 7. The number of benzene rings is 2. The van der Waals surface area contributed by atoms with Gasteiger partial charge >= 0.3 is 12.3 Å². The first-order valence-electron chi connectivity index (χ1n) is 11.3. The van der Waals surface area contributed by atoms with Crippen LogP contribution < -0.4 is 9.47 Å². The fourth-order valence-corrected chi connectivity index (χ4v) is 6.24. The second kappa shape index (κ2) is 9.69.